The van der Waals surface area contributed by atoms with Crippen molar-refractivity contribution in [3.63, 3.8) is 0 Å². The van der Waals surface area contributed by atoms with Crippen LogP contribution in [0.2, 0.25) is 0 Å². The molecule has 1 amide bonds. The molecule has 1 aromatic rings. The minimum Gasteiger partial charge on any atom is -0.480 e. The van der Waals surface area contributed by atoms with E-state index in [2.05, 4.69) is 21.2 Å². The summed E-state index contributed by atoms with van der Waals surface area (Å²) in [5, 5.41) is 11.2. The second-order valence-corrected chi connectivity index (χ2v) is 4.40. The number of nitrogens with one attached hydrogen (secondary N) is 1. The van der Waals surface area contributed by atoms with Crippen molar-refractivity contribution in [1.29, 1.82) is 0 Å². The normalized spacial score (nSPS) is 11.9. The average Bonchev–Trinajstić information content (AvgIpc) is 2.21. The summed E-state index contributed by atoms with van der Waals surface area (Å²) in [6.07, 6.45) is 0.105. The Morgan fingerprint density at radius 2 is 2.18 bits per heavy atom. The first-order valence-corrected chi connectivity index (χ1v) is 5.63. The van der Waals surface area contributed by atoms with Crippen LogP contribution in [0.3, 0.4) is 0 Å². The van der Waals surface area contributed by atoms with Crippen LogP contribution in [0, 0.1) is 5.82 Å². The van der Waals surface area contributed by atoms with E-state index in [1.54, 1.807) is 0 Å². The van der Waals surface area contributed by atoms with Gasteiger partial charge in [-0.25, -0.2) is 9.18 Å². The average molecular weight is 304 g/mol. The SMILES string of the molecule is CC(=O)NC(Cc1ccc(F)c(Br)c1)C(=O)O. The van der Waals surface area contributed by atoms with Crippen LogP contribution in [0.25, 0.3) is 0 Å². The number of carboxylic acid groups (broad SMARTS) is 1. The van der Waals surface area contributed by atoms with Gasteiger partial charge in [-0.05, 0) is 33.6 Å². The molecule has 0 aliphatic carbocycles. The van der Waals surface area contributed by atoms with E-state index < -0.39 is 23.7 Å². The van der Waals surface area contributed by atoms with Crippen molar-refractivity contribution < 1.29 is 19.1 Å². The Bertz CT molecular complexity index is 450. The fourth-order valence-corrected chi connectivity index (χ4v) is 1.77. The van der Waals surface area contributed by atoms with Gasteiger partial charge in [-0.15, -0.1) is 0 Å². The fourth-order valence-electron chi connectivity index (χ4n) is 1.35. The largest absolute Gasteiger partial charge is 0.480 e. The number of hydrogen-bond donors (Lipinski definition) is 2. The molecule has 6 heteroatoms. The highest BCUT2D eigenvalue weighted by molar-refractivity contribution is 9.10. The molecule has 1 unspecified atom stereocenters. The Labute approximate surface area is 106 Å². The van der Waals surface area contributed by atoms with Crippen molar-refractivity contribution in [2.45, 2.75) is 19.4 Å². The number of rotatable bonds is 4. The molecule has 0 aliphatic heterocycles. The summed E-state index contributed by atoms with van der Waals surface area (Å²) >= 11 is 3.01. The third-order valence-electron chi connectivity index (χ3n) is 2.10. The Morgan fingerprint density at radius 1 is 1.53 bits per heavy atom. The van der Waals surface area contributed by atoms with E-state index in [0.717, 1.165) is 0 Å². The molecule has 1 rings (SSSR count). The van der Waals surface area contributed by atoms with Gasteiger partial charge >= 0.3 is 5.97 Å². The first kappa shape index (κ1) is 13.6. The van der Waals surface area contributed by atoms with Gasteiger partial charge < -0.3 is 10.4 Å². The molecule has 0 radical (unpaired) electrons. The maximum absolute atomic E-state index is 13.0. The highest BCUT2D eigenvalue weighted by Gasteiger charge is 2.19. The topological polar surface area (TPSA) is 66.4 Å². The Morgan fingerprint density at radius 3 is 2.65 bits per heavy atom. The van der Waals surface area contributed by atoms with E-state index in [4.69, 9.17) is 5.11 Å². The van der Waals surface area contributed by atoms with Crippen molar-refractivity contribution in [3.8, 4) is 0 Å². The first-order chi connectivity index (χ1) is 7.90. The molecule has 0 saturated carbocycles. The van der Waals surface area contributed by atoms with E-state index in [1.807, 2.05) is 0 Å². The standard InChI is InChI=1S/C11H11BrFNO3/c1-6(15)14-10(11(16)17)5-7-2-3-9(13)8(12)4-7/h2-4,10H,5H2,1H3,(H,14,15)(H,16,17). The zero-order chi connectivity index (χ0) is 13.0. The lowest BCUT2D eigenvalue weighted by Gasteiger charge is -2.13. The van der Waals surface area contributed by atoms with Gasteiger partial charge in [0.1, 0.15) is 11.9 Å². The molecule has 4 nitrogen and oxygen atoms in total. The second-order valence-electron chi connectivity index (χ2n) is 3.54. The smallest absolute Gasteiger partial charge is 0.326 e. The molecule has 0 fully saturated rings. The van der Waals surface area contributed by atoms with Crippen molar-refractivity contribution in [2.75, 3.05) is 0 Å². The van der Waals surface area contributed by atoms with Crippen LogP contribution >= 0.6 is 15.9 Å². The van der Waals surface area contributed by atoms with Gasteiger partial charge in [0.2, 0.25) is 5.91 Å². The number of amides is 1. The molecular formula is C11H11BrFNO3. The summed E-state index contributed by atoms with van der Waals surface area (Å²) in [5.41, 5.74) is 0.624. The summed E-state index contributed by atoms with van der Waals surface area (Å²) in [6, 6.07) is 3.21. The van der Waals surface area contributed by atoms with Crippen LogP contribution in [0.4, 0.5) is 4.39 Å². The van der Waals surface area contributed by atoms with E-state index in [1.165, 1.54) is 25.1 Å². The van der Waals surface area contributed by atoms with Crippen LogP contribution in [-0.4, -0.2) is 23.0 Å². The first-order valence-electron chi connectivity index (χ1n) is 4.84. The van der Waals surface area contributed by atoms with Crippen LogP contribution in [0.5, 0.6) is 0 Å². The molecule has 0 bridgehead atoms. The van der Waals surface area contributed by atoms with E-state index in [0.29, 0.717) is 5.56 Å². The lowest BCUT2D eigenvalue weighted by Crippen LogP contribution is -2.41. The third-order valence-corrected chi connectivity index (χ3v) is 2.71. The van der Waals surface area contributed by atoms with Crippen molar-refractivity contribution in [1.82, 2.24) is 5.32 Å². The summed E-state index contributed by atoms with van der Waals surface area (Å²) in [7, 11) is 0. The molecule has 17 heavy (non-hydrogen) atoms. The molecule has 0 spiro atoms. The summed E-state index contributed by atoms with van der Waals surface area (Å²) in [5.74, 6) is -1.96. The van der Waals surface area contributed by atoms with Gasteiger partial charge in [-0.1, -0.05) is 6.07 Å². The van der Waals surface area contributed by atoms with Gasteiger partial charge in [-0.2, -0.15) is 0 Å². The molecular weight excluding hydrogens is 293 g/mol. The molecule has 1 aromatic carbocycles. The number of benzene rings is 1. The van der Waals surface area contributed by atoms with Crippen molar-refractivity contribution in [3.05, 3.63) is 34.1 Å². The third kappa shape index (κ3) is 4.14. The molecule has 92 valence electrons. The number of aliphatic carboxylic acids is 1. The zero-order valence-electron chi connectivity index (χ0n) is 9.04. The van der Waals surface area contributed by atoms with Gasteiger partial charge in [0, 0.05) is 13.3 Å². The maximum atomic E-state index is 13.0. The molecule has 0 heterocycles. The number of carboxylic acids is 1. The quantitative estimate of drug-likeness (QED) is 0.890. The summed E-state index contributed by atoms with van der Waals surface area (Å²) in [6.45, 7) is 1.25. The second kappa shape index (κ2) is 5.77. The van der Waals surface area contributed by atoms with Crippen LogP contribution in [0.1, 0.15) is 12.5 Å². The number of carbonyl (C=O) groups is 2. The van der Waals surface area contributed by atoms with Crippen LogP contribution < -0.4 is 5.32 Å². The van der Waals surface area contributed by atoms with Crippen LogP contribution in [0.15, 0.2) is 22.7 Å². The van der Waals surface area contributed by atoms with Crippen molar-refractivity contribution >= 4 is 27.8 Å². The van der Waals surface area contributed by atoms with E-state index >= 15 is 0 Å². The minimum atomic E-state index is -1.12. The predicted molar refractivity (Wildman–Crippen MR) is 63.0 cm³/mol. The number of carbonyl (C=O) groups excluding carboxylic acids is 1. The molecule has 2 N–H and O–H groups in total. The Hall–Kier alpha value is -1.43. The van der Waals surface area contributed by atoms with E-state index in [-0.39, 0.29) is 10.9 Å². The maximum Gasteiger partial charge on any atom is 0.326 e. The predicted octanol–water partition coefficient (Wildman–Crippen LogP) is 1.72. The Kier molecular flexibility index (Phi) is 4.62. The minimum absolute atomic E-state index is 0.105. The number of hydrogen-bond acceptors (Lipinski definition) is 2. The van der Waals surface area contributed by atoms with Gasteiger partial charge in [0.05, 0.1) is 4.47 Å². The molecule has 0 saturated heterocycles. The highest BCUT2D eigenvalue weighted by Crippen LogP contribution is 2.17. The molecule has 0 aliphatic rings. The lowest BCUT2D eigenvalue weighted by atomic mass is 10.1. The number of halogens is 2. The monoisotopic (exact) mass is 303 g/mol. The Balaban J connectivity index is 2.82. The van der Waals surface area contributed by atoms with Crippen LogP contribution in [-0.2, 0) is 16.0 Å². The highest BCUT2D eigenvalue weighted by atomic mass is 79.9. The zero-order valence-corrected chi connectivity index (χ0v) is 10.6. The molecule has 1 atom stereocenters. The van der Waals surface area contributed by atoms with Gasteiger partial charge in [0.25, 0.3) is 0 Å². The molecule has 0 aromatic heterocycles. The van der Waals surface area contributed by atoms with Gasteiger partial charge in [0.15, 0.2) is 0 Å². The lowest BCUT2D eigenvalue weighted by molar-refractivity contribution is -0.141. The van der Waals surface area contributed by atoms with Crippen molar-refractivity contribution in [2.24, 2.45) is 0 Å². The fraction of sp³-hybridized carbons (Fsp3) is 0.273. The van der Waals surface area contributed by atoms with E-state index in [9.17, 15) is 14.0 Å². The summed E-state index contributed by atoms with van der Waals surface area (Å²) < 4.78 is 13.2. The summed E-state index contributed by atoms with van der Waals surface area (Å²) in [4.78, 5) is 21.7. The van der Waals surface area contributed by atoms with Gasteiger partial charge in [-0.3, -0.25) is 4.79 Å².